The first-order valence-electron chi connectivity index (χ1n) is 4.82. The maximum Gasteiger partial charge on any atom is 0.262 e. The second-order valence-corrected chi connectivity index (χ2v) is 5.57. The Morgan fingerprint density at radius 2 is 2.00 bits per heavy atom. The van der Waals surface area contributed by atoms with E-state index in [0.29, 0.717) is 0 Å². The first kappa shape index (κ1) is 15.0. The molecule has 0 aliphatic carbocycles. The zero-order valence-electron chi connectivity index (χ0n) is 10.0. The van der Waals surface area contributed by atoms with Crippen molar-refractivity contribution in [1.29, 1.82) is 0 Å². The molecule has 88 valence electrons. The van der Waals surface area contributed by atoms with Gasteiger partial charge in [0.25, 0.3) is 5.01 Å². The quantitative estimate of drug-likeness (QED) is 0.647. The van der Waals surface area contributed by atoms with Crippen LogP contribution in [0.4, 0.5) is 0 Å². The molecule has 0 aliphatic rings. The summed E-state index contributed by atoms with van der Waals surface area (Å²) in [5.74, 6) is 0. The monoisotopic (exact) mass is 294 g/mol. The second kappa shape index (κ2) is 5.92. The smallest absolute Gasteiger partial charge is 0.262 e. The lowest BCUT2D eigenvalue weighted by atomic mass is 9.98. The lowest BCUT2D eigenvalue weighted by Crippen LogP contribution is -3.00. The SMILES string of the molecule is COCC[n+]1nc(C(C)(C)C)sc1C.[Br-]. The summed E-state index contributed by atoms with van der Waals surface area (Å²) in [4.78, 5) is 0. The highest BCUT2D eigenvalue weighted by molar-refractivity contribution is 7.11. The van der Waals surface area contributed by atoms with Gasteiger partial charge in [-0.3, -0.25) is 0 Å². The molecule has 0 aliphatic heterocycles. The highest BCUT2D eigenvalue weighted by Crippen LogP contribution is 2.24. The van der Waals surface area contributed by atoms with Gasteiger partial charge in [-0.1, -0.05) is 25.5 Å². The Kier molecular flexibility index (Phi) is 5.92. The number of rotatable bonds is 3. The lowest BCUT2D eigenvalue weighted by Gasteiger charge is -2.10. The first-order chi connectivity index (χ1) is 6.45. The number of hydrogen-bond acceptors (Lipinski definition) is 3. The third kappa shape index (κ3) is 4.17. The van der Waals surface area contributed by atoms with Crippen molar-refractivity contribution >= 4 is 11.3 Å². The molecule has 0 amide bonds. The topological polar surface area (TPSA) is 26.0 Å². The molecule has 0 N–H and O–H groups in total. The van der Waals surface area contributed by atoms with Gasteiger partial charge in [-0.05, 0) is 11.3 Å². The molecule has 1 aromatic heterocycles. The van der Waals surface area contributed by atoms with Crippen molar-refractivity contribution in [2.24, 2.45) is 0 Å². The van der Waals surface area contributed by atoms with Gasteiger partial charge in [-0.15, -0.1) is 0 Å². The summed E-state index contributed by atoms with van der Waals surface area (Å²) < 4.78 is 7.06. The number of hydrogen-bond donors (Lipinski definition) is 0. The average Bonchev–Trinajstić information content (AvgIpc) is 2.43. The molecular weight excluding hydrogens is 276 g/mol. The maximum absolute atomic E-state index is 5.04. The van der Waals surface area contributed by atoms with Crippen LogP contribution in [0.25, 0.3) is 0 Å². The molecule has 0 fully saturated rings. The van der Waals surface area contributed by atoms with Crippen LogP contribution in [0.3, 0.4) is 0 Å². The van der Waals surface area contributed by atoms with E-state index in [1.54, 1.807) is 18.4 Å². The Hall–Kier alpha value is -0.000000000000000111. The van der Waals surface area contributed by atoms with E-state index in [9.17, 15) is 0 Å². The van der Waals surface area contributed by atoms with Crippen LogP contribution in [0, 0.1) is 6.92 Å². The van der Waals surface area contributed by atoms with Crippen LogP contribution in [0.5, 0.6) is 0 Å². The number of nitrogens with zero attached hydrogens (tertiary/aromatic N) is 2. The van der Waals surface area contributed by atoms with Crippen molar-refractivity contribution in [1.82, 2.24) is 5.10 Å². The Morgan fingerprint density at radius 3 is 2.40 bits per heavy atom. The van der Waals surface area contributed by atoms with Crippen LogP contribution in [-0.2, 0) is 16.7 Å². The Morgan fingerprint density at radius 1 is 1.40 bits per heavy atom. The highest BCUT2D eigenvalue weighted by atomic mass is 79.9. The average molecular weight is 295 g/mol. The molecule has 0 spiro atoms. The van der Waals surface area contributed by atoms with Crippen LogP contribution in [0.1, 0.15) is 30.8 Å². The number of ether oxygens (including phenoxy) is 1. The van der Waals surface area contributed by atoms with Crippen LogP contribution < -0.4 is 21.7 Å². The van der Waals surface area contributed by atoms with E-state index in [2.05, 4.69) is 32.8 Å². The zero-order valence-corrected chi connectivity index (χ0v) is 12.4. The number of aryl methyl sites for hydroxylation is 1. The molecule has 1 heterocycles. The summed E-state index contributed by atoms with van der Waals surface area (Å²) in [6.07, 6.45) is 0. The molecule has 0 unspecified atom stereocenters. The van der Waals surface area contributed by atoms with Crippen LogP contribution in [0.2, 0.25) is 0 Å². The lowest BCUT2D eigenvalue weighted by molar-refractivity contribution is -0.755. The predicted octanol–water partition coefficient (Wildman–Crippen LogP) is -1.31. The highest BCUT2D eigenvalue weighted by Gasteiger charge is 2.25. The number of methoxy groups -OCH3 is 1. The Balaban J connectivity index is 0.00000196. The van der Waals surface area contributed by atoms with Crippen LogP contribution in [0.15, 0.2) is 0 Å². The Bertz CT molecular complexity index is 307. The van der Waals surface area contributed by atoms with Crippen molar-refractivity contribution in [3.05, 3.63) is 10.0 Å². The van der Waals surface area contributed by atoms with Gasteiger partial charge in [-0.2, -0.15) is 0 Å². The largest absolute Gasteiger partial charge is 1.00 e. The van der Waals surface area contributed by atoms with Gasteiger partial charge in [0.05, 0.1) is 0 Å². The summed E-state index contributed by atoms with van der Waals surface area (Å²) in [6, 6.07) is 0. The zero-order chi connectivity index (χ0) is 10.8. The van der Waals surface area contributed by atoms with Crippen molar-refractivity contribution in [3.8, 4) is 0 Å². The predicted molar refractivity (Wildman–Crippen MR) is 57.6 cm³/mol. The van der Waals surface area contributed by atoms with E-state index in [1.807, 2.05) is 4.68 Å². The van der Waals surface area contributed by atoms with Crippen molar-refractivity contribution < 1.29 is 26.4 Å². The fraction of sp³-hybridized carbons (Fsp3) is 0.800. The molecule has 0 atom stereocenters. The molecule has 1 rings (SSSR count). The maximum atomic E-state index is 5.04. The molecule has 0 saturated carbocycles. The van der Waals surface area contributed by atoms with E-state index in [0.717, 1.165) is 13.2 Å². The molecule has 0 aromatic carbocycles. The number of halogens is 1. The third-order valence-corrected chi connectivity index (χ3v) is 3.36. The summed E-state index contributed by atoms with van der Waals surface area (Å²) in [5.41, 5.74) is 0.147. The van der Waals surface area contributed by atoms with Gasteiger partial charge in [0.2, 0.25) is 0 Å². The Labute approximate surface area is 106 Å². The fourth-order valence-corrected chi connectivity index (χ4v) is 2.04. The molecule has 1 aromatic rings. The molecule has 3 nitrogen and oxygen atoms in total. The summed E-state index contributed by atoms with van der Waals surface area (Å²) in [7, 11) is 1.72. The van der Waals surface area contributed by atoms with Gasteiger partial charge in [0.1, 0.15) is 6.61 Å². The fourth-order valence-electron chi connectivity index (χ4n) is 1.08. The van der Waals surface area contributed by atoms with Crippen LogP contribution in [-0.4, -0.2) is 18.8 Å². The molecule has 0 radical (unpaired) electrons. The summed E-state index contributed by atoms with van der Waals surface area (Å²) >= 11 is 1.77. The van der Waals surface area contributed by atoms with E-state index < -0.39 is 0 Å². The number of aromatic nitrogens is 2. The van der Waals surface area contributed by atoms with Gasteiger partial charge >= 0.3 is 0 Å². The van der Waals surface area contributed by atoms with Gasteiger partial charge < -0.3 is 21.7 Å². The summed E-state index contributed by atoms with van der Waals surface area (Å²) in [5, 5.41) is 7.00. The molecule has 0 bridgehead atoms. The van der Waals surface area contributed by atoms with Crippen molar-refractivity contribution in [3.63, 3.8) is 0 Å². The minimum absolute atomic E-state index is 0. The van der Waals surface area contributed by atoms with Crippen molar-refractivity contribution in [2.45, 2.75) is 39.7 Å². The van der Waals surface area contributed by atoms with E-state index >= 15 is 0 Å². The molecule has 15 heavy (non-hydrogen) atoms. The van der Waals surface area contributed by atoms with Crippen LogP contribution >= 0.6 is 11.3 Å². The van der Waals surface area contributed by atoms with Gasteiger partial charge in [0.15, 0.2) is 11.6 Å². The standard InChI is InChI=1S/C10H19N2OS.BrH/c1-8-12(6-7-13-5)11-9(14-8)10(2,3)4;/h6-7H2,1-5H3;1H/q+1;/p-1. The normalized spacial score (nSPS) is 11.3. The minimum Gasteiger partial charge on any atom is -1.00 e. The second-order valence-electron chi connectivity index (χ2n) is 4.39. The summed E-state index contributed by atoms with van der Waals surface area (Å²) in [6.45, 7) is 10.2. The van der Waals surface area contributed by atoms with Crippen molar-refractivity contribution in [2.75, 3.05) is 13.7 Å². The minimum atomic E-state index is 0. The molecule has 5 heteroatoms. The van der Waals surface area contributed by atoms with E-state index in [4.69, 9.17) is 4.74 Å². The molecule has 0 saturated heterocycles. The molecular formula is C10H19BrN2OS. The van der Waals surface area contributed by atoms with E-state index in [1.165, 1.54) is 10.0 Å². The van der Waals surface area contributed by atoms with Gasteiger partial charge in [-0.25, -0.2) is 0 Å². The van der Waals surface area contributed by atoms with E-state index in [-0.39, 0.29) is 22.4 Å². The third-order valence-electron chi connectivity index (χ3n) is 1.97. The van der Waals surface area contributed by atoms with Gasteiger partial charge in [0, 0.05) is 24.5 Å². The first-order valence-corrected chi connectivity index (χ1v) is 5.64.